The second-order valence-corrected chi connectivity index (χ2v) is 8.85. The number of carbonyl (C=O) groups excluding carboxylic acids is 1. The largest absolute Gasteiger partial charge is 0.487 e. The SMILES string of the molecule is Cc1cc(C(=O)N2CC[C@@H]3[C@@H](CC2)Oc2ccccc2S(=O)(=O)N3C)no1. The van der Waals surface area contributed by atoms with Crippen LogP contribution < -0.4 is 4.74 Å². The summed E-state index contributed by atoms with van der Waals surface area (Å²) >= 11 is 0. The highest BCUT2D eigenvalue weighted by Gasteiger charge is 2.41. The monoisotopic (exact) mass is 391 g/mol. The summed E-state index contributed by atoms with van der Waals surface area (Å²) in [5.41, 5.74) is 0.266. The Morgan fingerprint density at radius 2 is 1.96 bits per heavy atom. The Balaban J connectivity index is 1.61. The molecular weight excluding hydrogens is 370 g/mol. The fraction of sp³-hybridized carbons (Fsp3) is 0.444. The molecule has 2 aliphatic rings. The van der Waals surface area contributed by atoms with Crippen LogP contribution in [-0.2, 0) is 10.0 Å². The van der Waals surface area contributed by atoms with Crippen molar-refractivity contribution in [2.75, 3.05) is 20.1 Å². The number of aryl methyl sites for hydroxylation is 1. The summed E-state index contributed by atoms with van der Waals surface area (Å²) in [6, 6.07) is 7.95. The van der Waals surface area contributed by atoms with E-state index in [1.54, 1.807) is 49.2 Å². The molecule has 1 aromatic carbocycles. The van der Waals surface area contributed by atoms with Gasteiger partial charge in [0.2, 0.25) is 10.0 Å². The number of aromatic nitrogens is 1. The number of fused-ring (bicyclic) bond motifs is 2. The average Bonchev–Trinajstić information content (AvgIpc) is 2.94. The van der Waals surface area contributed by atoms with Crippen molar-refractivity contribution in [2.45, 2.75) is 36.8 Å². The third kappa shape index (κ3) is 3.10. The number of ether oxygens (including phenoxy) is 1. The quantitative estimate of drug-likeness (QED) is 0.734. The van der Waals surface area contributed by atoms with E-state index in [0.29, 0.717) is 37.4 Å². The number of likely N-dealkylation sites (tertiary alicyclic amines) is 1. The van der Waals surface area contributed by atoms with E-state index >= 15 is 0 Å². The van der Waals surface area contributed by atoms with E-state index in [4.69, 9.17) is 9.26 Å². The highest BCUT2D eigenvalue weighted by atomic mass is 32.2. The number of hydrogen-bond donors (Lipinski definition) is 0. The van der Waals surface area contributed by atoms with Crippen molar-refractivity contribution in [3.8, 4) is 5.75 Å². The fourth-order valence-corrected chi connectivity index (χ4v) is 5.23. The fourth-order valence-electron chi connectivity index (χ4n) is 3.70. The van der Waals surface area contributed by atoms with Crippen LogP contribution in [0.2, 0.25) is 0 Å². The predicted octanol–water partition coefficient (Wildman–Crippen LogP) is 1.67. The highest BCUT2D eigenvalue weighted by molar-refractivity contribution is 7.89. The molecule has 0 aliphatic carbocycles. The van der Waals surface area contributed by atoms with Gasteiger partial charge in [0, 0.05) is 32.6 Å². The standard InChI is InChI=1S/C18H21N3O5S/c1-12-11-13(19-26-12)18(22)21-9-7-14-15(8-10-21)25-16-5-3-4-6-17(16)27(23,24)20(14)2/h3-6,11,14-15H,7-10H2,1-2H3/t14-,15-/m1/s1. The highest BCUT2D eigenvalue weighted by Crippen LogP contribution is 2.35. The van der Waals surface area contributed by atoms with Gasteiger partial charge < -0.3 is 14.2 Å². The molecule has 2 atom stereocenters. The zero-order valence-corrected chi connectivity index (χ0v) is 16.0. The van der Waals surface area contributed by atoms with Crippen molar-refractivity contribution < 1.29 is 22.5 Å². The number of likely N-dealkylation sites (N-methyl/N-ethyl adjacent to an activating group) is 1. The Morgan fingerprint density at radius 1 is 1.22 bits per heavy atom. The third-order valence-corrected chi connectivity index (χ3v) is 7.12. The Kier molecular flexibility index (Phi) is 4.43. The van der Waals surface area contributed by atoms with Gasteiger partial charge in [-0.25, -0.2) is 8.42 Å². The minimum Gasteiger partial charge on any atom is -0.487 e. The van der Waals surface area contributed by atoms with Crippen molar-refractivity contribution >= 4 is 15.9 Å². The molecule has 0 bridgehead atoms. The van der Waals surface area contributed by atoms with Crippen LogP contribution in [-0.4, -0.2) is 61.0 Å². The predicted molar refractivity (Wildman–Crippen MR) is 96.0 cm³/mol. The van der Waals surface area contributed by atoms with Gasteiger partial charge in [-0.1, -0.05) is 17.3 Å². The smallest absolute Gasteiger partial charge is 0.276 e. The molecule has 2 aliphatic heterocycles. The first-order chi connectivity index (χ1) is 12.9. The van der Waals surface area contributed by atoms with Crippen molar-refractivity contribution in [3.05, 3.63) is 41.8 Å². The van der Waals surface area contributed by atoms with Gasteiger partial charge in [0.25, 0.3) is 5.91 Å². The summed E-state index contributed by atoms with van der Waals surface area (Å²) in [5, 5.41) is 3.79. The van der Waals surface area contributed by atoms with Crippen LogP contribution in [0.4, 0.5) is 0 Å². The average molecular weight is 391 g/mol. The molecule has 9 heteroatoms. The molecule has 0 radical (unpaired) electrons. The normalized spacial score (nSPS) is 24.9. The number of amides is 1. The van der Waals surface area contributed by atoms with Crippen molar-refractivity contribution in [1.29, 1.82) is 0 Å². The molecule has 0 spiro atoms. The summed E-state index contributed by atoms with van der Waals surface area (Å²) in [4.78, 5) is 14.5. The Hall–Kier alpha value is -2.39. The summed E-state index contributed by atoms with van der Waals surface area (Å²) in [6.45, 7) is 2.61. The Morgan fingerprint density at radius 3 is 2.70 bits per heavy atom. The maximum atomic E-state index is 13.0. The molecule has 0 unspecified atom stereocenters. The van der Waals surface area contributed by atoms with E-state index in [1.165, 1.54) is 4.31 Å². The van der Waals surface area contributed by atoms with Crippen LogP contribution in [0.1, 0.15) is 29.1 Å². The van der Waals surface area contributed by atoms with Crippen molar-refractivity contribution in [1.82, 2.24) is 14.4 Å². The summed E-state index contributed by atoms with van der Waals surface area (Å²) in [6.07, 6.45) is 0.684. The minimum atomic E-state index is -3.65. The van der Waals surface area contributed by atoms with Crippen molar-refractivity contribution in [2.24, 2.45) is 0 Å². The van der Waals surface area contributed by atoms with Crippen LogP contribution in [0.25, 0.3) is 0 Å². The lowest BCUT2D eigenvalue weighted by atomic mass is 10.1. The first kappa shape index (κ1) is 18.0. The number of nitrogens with zero attached hydrogens (tertiary/aromatic N) is 3. The minimum absolute atomic E-state index is 0.187. The second-order valence-electron chi connectivity index (χ2n) is 6.88. The zero-order valence-electron chi connectivity index (χ0n) is 15.2. The molecule has 8 nitrogen and oxygen atoms in total. The maximum Gasteiger partial charge on any atom is 0.276 e. The molecule has 27 heavy (non-hydrogen) atoms. The van der Waals surface area contributed by atoms with E-state index in [0.717, 1.165) is 0 Å². The number of para-hydroxylation sites is 1. The maximum absolute atomic E-state index is 13.0. The first-order valence-corrected chi connectivity index (χ1v) is 10.3. The number of rotatable bonds is 1. The molecule has 144 valence electrons. The van der Waals surface area contributed by atoms with E-state index in [2.05, 4.69) is 5.16 Å². The third-order valence-electron chi connectivity index (χ3n) is 5.19. The Bertz CT molecular complexity index is 971. The first-order valence-electron chi connectivity index (χ1n) is 8.84. The van der Waals surface area contributed by atoms with Gasteiger partial charge in [-0.05, 0) is 25.5 Å². The van der Waals surface area contributed by atoms with Crippen LogP contribution in [0.3, 0.4) is 0 Å². The molecule has 0 saturated carbocycles. The van der Waals surface area contributed by atoms with Gasteiger partial charge in [0.1, 0.15) is 22.5 Å². The lowest BCUT2D eigenvalue weighted by molar-refractivity contribution is 0.0745. The molecule has 1 aromatic heterocycles. The molecule has 0 N–H and O–H groups in total. The summed E-state index contributed by atoms with van der Waals surface area (Å²) < 4.78 is 38.4. The summed E-state index contributed by atoms with van der Waals surface area (Å²) in [7, 11) is -2.07. The van der Waals surface area contributed by atoms with Gasteiger partial charge >= 0.3 is 0 Å². The molecule has 4 rings (SSSR count). The van der Waals surface area contributed by atoms with Gasteiger partial charge in [-0.3, -0.25) is 4.79 Å². The topological polar surface area (TPSA) is 93.0 Å². The van der Waals surface area contributed by atoms with E-state index < -0.39 is 10.0 Å². The van der Waals surface area contributed by atoms with Crippen molar-refractivity contribution in [3.63, 3.8) is 0 Å². The number of hydrogen-bond acceptors (Lipinski definition) is 6. The molecule has 1 amide bonds. The van der Waals surface area contributed by atoms with Crippen LogP contribution >= 0.6 is 0 Å². The number of benzene rings is 1. The lowest BCUT2D eigenvalue weighted by Gasteiger charge is -2.28. The molecule has 1 fully saturated rings. The van der Waals surface area contributed by atoms with Gasteiger partial charge in [0.15, 0.2) is 5.69 Å². The van der Waals surface area contributed by atoms with E-state index in [-0.39, 0.29) is 28.6 Å². The van der Waals surface area contributed by atoms with Gasteiger partial charge in [-0.2, -0.15) is 4.31 Å². The summed E-state index contributed by atoms with van der Waals surface area (Å²) in [5.74, 6) is 0.724. The number of sulfonamides is 1. The van der Waals surface area contributed by atoms with E-state index in [9.17, 15) is 13.2 Å². The molecular formula is C18H21N3O5S. The molecule has 2 aromatic rings. The number of carbonyl (C=O) groups is 1. The van der Waals surface area contributed by atoms with Crippen LogP contribution in [0.5, 0.6) is 5.75 Å². The van der Waals surface area contributed by atoms with E-state index in [1.807, 2.05) is 0 Å². The van der Waals surface area contributed by atoms with Gasteiger partial charge in [0.05, 0.1) is 6.04 Å². The van der Waals surface area contributed by atoms with Crippen LogP contribution in [0.15, 0.2) is 39.8 Å². The second kappa shape index (κ2) is 6.65. The molecule has 3 heterocycles. The van der Waals surface area contributed by atoms with Crippen LogP contribution in [0, 0.1) is 6.92 Å². The van der Waals surface area contributed by atoms with Gasteiger partial charge in [-0.15, -0.1) is 0 Å². The lowest BCUT2D eigenvalue weighted by Crippen LogP contribution is -2.44. The molecule has 1 saturated heterocycles. The Labute approximate surface area is 157 Å². The zero-order chi connectivity index (χ0) is 19.2.